The number of amides is 1. The van der Waals surface area contributed by atoms with Gasteiger partial charge < -0.3 is 15.1 Å². The molecular formula is C14H15F3N4O2S. The summed E-state index contributed by atoms with van der Waals surface area (Å²) in [4.78, 5) is 20.9. The smallest absolute Gasteiger partial charge is 0.406 e. The molecule has 0 radical (unpaired) electrons. The third-order valence-electron chi connectivity index (χ3n) is 2.83. The van der Waals surface area contributed by atoms with Crippen molar-refractivity contribution in [2.75, 3.05) is 18.0 Å². The molecule has 0 atom stereocenters. The van der Waals surface area contributed by atoms with Crippen molar-refractivity contribution in [3.63, 3.8) is 0 Å². The number of halogens is 3. The molecular weight excluding hydrogens is 345 g/mol. The van der Waals surface area contributed by atoms with E-state index in [4.69, 9.17) is 10.2 Å². The summed E-state index contributed by atoms with van der Waals surface area (Å²) in [5.41, 5.74) is 6.19. The van der Waals surface area contributed by atoms with Gasteiger partial charge in [-0.05, 0) is 19.1 Å². The molecule has 0 spiro atoms. The Morgan fingerprint density at radius 3 is 2.75 bits per heavy atom. The van der Waals surface area contributed by atoms with Crippen LogP contribution in [-0.4, -0.2) is 39.2 Å². The lowest BCUT2D eigenvalue weighted by Crippen LogP contribution is -2.39. The Bertz CT molecular complexity index is 672. The lowest BCUT2D eigenvalue weighted by molar-refractivity contribution is -0.161. The maximum Gasteiger partial charge on any atom is 0.406 e. The molecule has 24 heavy (non-hydrogen) atoms. The second-order valence-electron chi connectivity index (χ2n) is 4.95. The number of rotatable bonds is 6. The van der Waals surface area contributed by atoms with Gasteiger partial charge in [-0.15, -0.1) is 0 Å². The minimum absolute atomic E-state index is 0.236. The third-order valence-corrected chi connectivity index (χ3v) is 3.66. The lowest BCUT2D eigenvalue weighted by atomic mass is 10.3. The van der Waals surface area contributed by atoms with Crippen LogP contribution in [0.4, 0.5) is 19.0 Å². The van der Waals surface area contributed by atoms with Gasteiger partial charge in [0.1, 0.15) is 18.1 Å². The Hall–Kier alpha value is -2.23. The fourth-order valence-corrected chi connectivity index (χ4v) is 2.70. The Labute approximate surface area is 140 Å². The van der Waals surface area contributed by atoms with Crippen molar-refractivity contribution in [2.45, 2.75) is 24.8 Å². The first-order valence-electron chi connectivity index (χ1n) is 6.84. The first-order valence-corrected chi connectivity index (χ1v) is 7.82. The van der Waals surface area contributed by atoms with Gasteiger partial charge in [0.15, 0.2) is 5.16 Å². The molecule has 2 rings (SSSR count). The van der Waals surface area contributed by atoms with Crippen LogP contribution in [0, 0.1) is 6.92 Å². The molecule has 0 aromatic carbocycles. The summed E-state index contributed by atoms with van der Waals surface area (Å²) >= 11 is 0.932. The maximum atomic E-state index is 12.7. The van der Waals surface area contributed by atoms with Crippen molar-refractivity contribution in [3.05, 3.63) is 35.9 Å². The largest absolute Gasteiger partial charge is 0.467 e. The Morgan fingerprint density at radius 1 is 1.42 bits per heavy atom. The monoisotopic (exact) mass is 360 g/mol. The molecule has 0 saturated carbocycles. The zero-order chi connectivity index (χ0) is 17.7. The van der Waals surface area contributed by atoms with Gasteiger partial charge in [0, 0.05) is 11.8 Å². The molecule has 10 heteroatoms. The number of nitrogens with zero attached hydrogens (tertiary/aromatic N) is 3. The highest BCUT2D eigenvalue weighted by atomic mass is 32.2. The highest BCUT2D eigenvalue weighted by Gasteiger charge is 2.33. The molecule has 2 heterocycles. The van der Waals surface area contributed by atoms with E-state index in [0.29, 0.717) is 10.6 Å². The van der Waals surface area contributed by atoms with Gasteiger partial charge in [0.25, 0.3) is 0 Å². The minimum atomic E-state index is -4.50. The van der Waals surface area contributed by atoms with E-state index in [9.17, 15) is 18.0 Å². The van der Waals surface area contributed by atoms with Crippen molar-refractivity contribution in [1.29, 1.82) is 0 Å². The normalized spacial score (nSPS) is 11.5. The Balaban J connectivity index is 2.03. The summed E-state index contributed by atoms with van der Waals surface area (Å²) in [5, 5.41) is 0.241. The van der Waals surface area contributed by atoms with Crippen LogP contribution in [0.2, 0.25) is 0 Å². The summed E-state index contributed by atoms with van der Waals surface area (Å²) in [6.07, 6.45) is -3.17. The number of aromatic nitrogens is 2. The first-order chi connectivity index (χ1) is 11.2. The van der Waals surface area contributed by atoms with Crippen molar-refractivity contribution in [2.24, 2.45) is 0 Å². The van der Waals surface area contributed by atoms with Crippen LogP contribution in [0.15, 0.2) is 34.0 Å². The summed E-state index contributed by atoms with van der Waals surface area (Å²) in [6, 6.07) is 4.61. The van der Waals surface area contributed by atoms with Crippen molar-refractivity contribution < 1.29 is 22.4 Å². The van der Waals surface area contributed by atoms with Gasteiger partial charge >= 0.3 is 6.18 Å². The molecule has 2 aromatic heterocycles. The number of hydrogen-bond acceptors (Lipinski definition) is 6. The number of hydrogen-bond donors (Lipinski definition) is 1. The average molecular weight is 360 g/mol. The van der Waals surface area contributed by atoms with Gasteiger partial charge in [0.2, 0.25) is 5.91 Å². The summed E-state index contributed by atoms with van der Waals surface area (Å²) in [7, 11) is 0. The highest BCUT2D eigenvalue weighted by molar-refractivity contribution is 7.99. The SMILES string of the molecule is Cc1cc(N)nc(SCC(=O)N(Cc2ccco2)CC(F)(F)F)n1. The molecule has 2 aromatic rings. The van der Waals surface area contributed by atoms with Gasteiger partial charge in [-0.2, -0.15) is 13.2 Å². The second kappa shape index (κ2) is 7.56. The molecule has 0 fully saturated rings. The van der Waals surface area contributed by atoms with Crippen LogP contribution in [0.25, 0.3) is 0 Å². The predicted molar refractivity (Wildman–Crippen MR) is 82.1 cm³/mol. The number of anilines is 1. The van der Waals surface area contributed by atoms with E-state index in [2.05, 4.69) is 9.97 Å². The van der Waals surface area contributed by atoms with Crippen molar-refractivity contribution in [1.82, 2.24) is 14.9 Å². The summed E-state index contributed by atoms with van der Waals surface area (Å²) in [5.74, 6) is -0.425. The molecule has 0 aliphatic heterocycles. The van der Waals surface area contributed by atoms with Crippen LogP contribution in [0.3, 0.4) is 0 Å². The van der Waals surface area contributed by atoms with Crippen LogP contribution in [0.1, 0.15) is 11.5 Å². The topological polar surface area (TPSA) is 85.2 Å². The van der Waals surface area contributed by atoms with Crippen LogP contribution >= 0.6 is 11.8 Å². The summed E-state index contributed by atoms with van der Waals surface area (Å²) < 4.78 is 43.1. The maximum absolute atomic E-state index is 12.7. The average Bonchev–Trinajstić information content (AvgIpc) is 2.94. The number of furan rings is 1. The van der Waals surface area contributed by atoms with Crippen LogP contribution < -0.4 is 5.73 Å². The molecule has 0 unspecified atom stereocenters. The molecule has 2 N–H and O–H groups in total. The molecule has 0 saturated heterocycles. The zero-order valence-electron chi connectivity index (χ0n) is 12.7. The molecule has 1 amide bonds. The highest BCUT2D eigenvalue weighted by Crippen LogP contribution is 2.21. The van der Waals surface area contributed by atoms with E-state index in [1.54, 1.807) is 19.1 Å². The van der Waals surface area contributed by atoms with Crippen molar-refractivity contribution >= 4 is 23.5 Å². The van der Waals surface area contributed by atoms with E-state index < -0.39 is 18.6 Å². The van der Waals surface area contributed by atoms with E-state index in [1.807, 2.05) is 0 Å². The number of alkyl halides is 3. The molecule has 0 bridgehead atoms. The standard InChI is InChI=1S/C14H15F3N4O2S/c1-9-5-11(18)20-13(19-9)24-7-12(22)21(8-14(15,16)17)6-10-3-2-4-23-10/h2-5H,6-8H2,1H3,(H2,18,19,20). The van der Waals surface area contributed by atoms with E-state index in [-0.39, 0.29) is 29.0 Å². The first kappa shape index (κ1) is 18.1. The molecule has 0 aliphatic carbocycles. The van der Waals surface area contributed by atoms with E-state index in [0.717, 1.165) is 11.8 Å². The van der Waals surface area contributed by atoms with Crippen LogP contribution in [0.5, 0.6) is 0 Å². The molecule has 0 aliphatic rings. The quantitative estimate of drug-likeness (QED) is 0.630. The van der Waals surface area contributed by atoms with E-state index in [1.165, 1.54) is 12.3 Å². The third kappa shape index (κ3) is 5.76. The summed E-state index contributed by atoms with van der Waals surface area (Å²) in [6.45, 7) is 0.0867. The fourth-order valence-electron chi connectivity index (χ4n) is 1.89. The van der Waals surface area contributed by atoms with Gasteiger partial charge in [-0.25, -0.2) is 9.97 Å². The fraction of sp³-hybridized carbons (Fsp3) is 0.357. The zero-order valence-corrected chi connectivity index (χ0v) is 13.5. The van der Waals surface area contributed by atoms with E-state index >= 15 is 0 Å². The van der Waals surface area contributed by atoms with Gasteiger partial charge in [0.05, 0.1) is 18.6 Å². The number of carbonyl (C=O) groups excluding carboxylic acids is 1. The number of nitrogens with two attached hydrogens (primary N) is 1. The number of carbonyl (C=O) groups is 1. The Kier molecular flexibility index (Phi) is 5.71. The number of aryl methyl sites for hydroxylation is 1. The lowest BCUT2D eigenvalue weighted by Gasteiger charge is -2.22. The Morgan fingerprint density at radius 2 is 2.17 bits per heavy atom. The molecule has 130 valence electrons. The van der Waals surface area contributed by atoms with Gasteiger partial charge in [-0.3, -0.25) is 4.79 Å². The predicted octanol–water partition coefficient (Wildman–Crippen LogP) is 2.64. The number of thioether (sulfide) groups is 1. The van der Waals surface area contributed by atoms with Gasteiger partial charge in [-0.1, -0.05) is 11.8 Å². The number of nitrogen functional groups attached to an aromatic ring is 1. The minimum Gasteiger partial charge on any atom is -0.467 e. The van der Waals surface area contributed by atoms with Crippen LogP contribution in [-0.2, 0) is 11.3 Å². The molecule has 6 nitrogen and oxygen atoms in total. The van der Waals surface area contributed by atoms with Crippen molar-refractivity contribution in [3.8, 4) is 0 Å². The second-order valence-corrected chi connectivity index (χ2v) is 5.89.